The van der Waals surface area contributed by atoms with Gasteiger partial charge in [-0.1, -0.05) is 42.5 Å². The fourth-order valence-corrected chi connectivity index (χ4v) is 1.87. The Hall–Kier alpha value is -1.61. The number of hydrogen-bond acceptors (Lipinski definition) is 1. The lowest BCUT2D eigenvalue weighted by Crippen LogP contribution is -2.19. The molecule has 2 aromatic carbocycles. The smallest absolute Gasteiger partial charge is 0.351 e. The second-order valence-electron chi connectivity index (χ2n) is 3.00. The molecule has 2 radical (unpaired) electrons. The van der Waals surface area contributed by atoms with Crippen LogP contribution in [-0.2, 0) is 0 Å². The quantitative estimate of drug-likeness (QED) is 0.714. The molecule has 0 bridgehead atoms. The van der Waals surface area contributed by atoms with Crippen molar-refractivity contribution in [1.29, 1.82) is 0 Å². The van der Waals surface area contributed by atoms with Gasteiger partial charge in [0.05, 0.1) is 0 Å². The Kier molecular flexibility index (Phi) is 3.14. The third kappa shape index (κ3) is 2.67. The van der Waals surface area contributed by atoms with Crippen LogP contribution in [0, 0.1) is 5.82 Å². The topological polar surface area (TPSA) is 9.23 Å². The van der Waals surface area contributed by atoms with Crippen LogP contribution in [0.15, 0.2) is 54.6 Å². The van der Waals surface area contributed by atoms with Crippen molar-refractivity contribution >= 4 is 14.9 Å². The highest BCUT2D eigenvalue weighted by molar-refractivity contribution is 6.47. The van der Waals surface area contributed by atoms with Crippen LogP contribution in [0.25, 0.3) is 0 Å². The van der Waals surface area contributed by atoms with Gasteiger partial charge in [-0.15, -0.1) is 0 Å². The van der Waals surface area contributed by atoms with Crippen molar-refractivity contribution < 1.29 is 8.82 Å². The van der Waals surface area contributed by atoms with Crippen molar-refractivity contribution in [2.75, 3.05) is 0 Å². The predicted molar refractivity (Wildman–Crippen MR) is 58.9 cm³/mol. The van der Waals surface area contributed by atoms with E-state index < -0.39 is 0 Å². The fraction of sp³-hybridized carbons (Fsp3) is 0. The Morgan fingerprint density at radius 3 is 2.27 bits per heavy atom. The summed E-state index contributed by atoms with van der Waals surface area (Å²) in [4.78, 5) is 0. The van der Waals surface area contributed by atoms with Gasteiger partial charge in [-0.25, -0.2) is 4.39 Å². The summed E-state index contributed by atoms with van der Waals surface area (Å²) in [6.07, 6.45) is 0. The van der Waals surface area contributed by atoms with E-state index in [0.29, 0.717) is 5.75 Å². The van der Waals surface area contributed by atoms with Gasteiger partial charge in [-0.2, -0.15) is 0 Å². The highest BCUT2D eigenvalue weighted by Crippen LogP contribution is 2.14. The predicted octanol–water partition coefficient (Wildman–Crippen LogP) is 2.15. The molecule has 0 saturated carbocycles. The van der Waals surface area contributed by atoms with Gasteiger partial charge in [-0.05, 0) is 17.3 Å². The first kappa shape index (κ1) is 9.92. The molecule has 0 saturated heterocycles. The van der Waals surface area contributed by atoms with Crippen molar-refractivity contribution in [2.45, 2.75) is 0 Å². The normalized spacial score (nSPS) is 9.93. The Bertz CT molecular complexity index is 431. The average Bonchev–Trinajstić information content (AvgIpc) is 2.29. The van der Waals surface area contributed by atoms with E-state index in [4.69, 9.17) is 4.43 Å². The van der Waals surface area contributed by atoms with Gasteiger partial charge in [0, 0.05) is 0 Å². The number of hydrogen-bond donors (Lipinski definition) is 0. The van der Waals surface area contributed by atoms with E-state index in [-0.39, 0.29) is 15.6 Å². The van der Waals surface area contributed by atoms with Crippen LogP contribution in [0.3, 0.4) is 0 Å². The van der Waals surface area contributed by atoms with Crippen molar-refractivity contribution in [1.82, 2.24) is 0 Å². The van der Waals surface area contributed by atoms with Crippen molar-refractivity contribution in [3.63, 3.8) is 0 Å². The van der Waals surface area contributed by atoms with Gasteiger partial charge in [0.25, 0.3) is 0 Å². The Balaban J connectivity index is 2.03. The second-order valence-corrected chi connectivity index (χ2v) is 3.99. The van der Waals surface area contributed by atoms with Crippen molar-refractivity contribution in [3.05, 3.63) is 60.4 Å². The zero-order valence-corrected chi connectivity index (χ0v) is 8.98. The third-order valence-corrected chi connectivity index (χ3v) is 2.78. The summed E-state index contributed by atoms with van der Waals surface area (Å²) in [5.41, 5.74) is 0. The van der Waals surface area contributed by atoms with E-state index in [1.165, 1.54) is 6.07 Å². The standard InChI is InChI=1S/C12H9FOSi/c13-11-8-4-5-9-12(11)14-15-10-6-2-1-3-7-10/h1-9H. The van der Waals surface area contributed by atoms with Gasteiger partial charge < -0.3 is 4.43 Å². The second kappa shape index (κ2) is 4.75. The third-order valence-electron chi connectivity index (χ3n) is 1.89. The molecule has 0 fully saturated rings. The van der Waals surface area contributed by atoms with Crippen LogP contribution in [0.4, 0.5) is 4.39 Å². The van der Waals surface area contributed by atoms with Crippen LogP contribution in [0.2, 0.25) is 0 Å². The maximum Gasteiger partial charge on any atom is 0.351 e. The number of benzene rings is 2. The van der Waals surface area contributed by atoms with Crippen LogP contribution < -0.4 is 9.61 Å². The van der Waals surface area contributed by atoms with E-state index in [9.17, 15) is 4.39 Å². The molecule has 0 atom stereocenters. The van der Waals surface area contributed by atoms with Crippen LogP contribution >= 0.6 is 0 Å². The lowest BCUT2D eigenvalue weighted by molar-refractivity contribution is 0.522. The summed E-state index contributed by atoms with van der Waals surface area (Å²) < 4.78 is 18.5. The first-order chi connectivity index (χ1) is 7.36. The zero-order chi connectivity index (χ0) is 10.5. The average molecular weight is 216 g/mol. The Labute approximate surface area is 90.5 Å². The number of rotatable bonds is 3. The van der Waals surface area contributed by atoms with Gasteiger partial charge in [0.1, 0.15) is 5.75 Å². The Morgan fingerprint density at radius 1 is 0.867 bits per heavy atom. The van der Waals surface area contributed by atoms with E-state index in [0.717, 1.165) is 5.19 Å². The van der Waals surface area contributed by atoms with Crippen LogP contribution in [0.1, 0.15) is 0 Å². The first-order valence-corrected chi connectivity index (χ1v) is 5.49. The molecule has 3 heteroatoms. The zero-order valence-electron chi connectivity index (χ0n) is 7.98. The SMILES string of the molecule is Fc1ccccc1O[Si]c1ccccc1. The van der Waals surface area contributed by atoms with Gasteiger partial charge in [0.2, 0.25) is 0 Å². The molecule has 0 spiro atoms. The van der Waals surface area contributed by atoms with Gasteiger partial charge >= 0.3 is 9.76 Å². The highest BCUT2D eigenvalue weighted by atomic mass is 28.2. The largest absolute Gasteiger partial charge is 0.534 e. The van der Waals surface area contributed by atoms with Gasteiger partial charge in [0.15, 0.2) is 5.82 Å². The molecule has 0 aliphatic rings. The van der Waals surface area contributed by atoms with E-state index in [1.54, 1.807) is 18.2 Å². The van der Waals surface area contributed by atoms with E-state index in [1.807, 2.05) is 30.3 Å². The summed E-state index contributed by atoms with van der Waals surface area (Å²) in [7, 11) is 0.138. The molecule has 74 valence electrons. The molecule has 0 aliphatic heterocycles. The lowest BCUT2D eigenvalue weighted by atomic mass is 10.3. The minimum atomic E-state index is -0.319. The molecule has 2 aromatic rings. The van der Waals surface area contributed by atoms with Crippen LogP contribution in [-0.4, -0.2) is 9.76 Å². The van der Waals surface area contributed by atoms with Crippen LogP contribution in [0.5, 0.6) is 5.75 Å². The first-order valence-electron chi connectivity index (χ1n) is 4.59. The summed E-state index contributed by atoms with van der Waals surface area (Å²) >= 11 is 0. The summed E-state index contributed by atoms with van der Waals surface area (Å²) in [6, 6.07) is 16.2. The van der Waals surface area contributed by atoms with E-state index >= 15 is 0 Å². The molecule has 2 rings (SSSR count). The molecular weight excluding hydrogens is 207 g/mol. The Morgan fingerprint density at radius 2 is 1.53 bits per heavy atom. The fourth-order valence-electron chi connectivity index (χ4n) is 1.15. The summed E-state index contributed by atoms with van der Waals surface area (Å²) in [5.74, 6) is -0.0133. The number of para-hydroxylation sites is 1. The minimum Gasteiger partial charge on any atom is -0.534 e. The highest BCUT2D eigenvalue weighted by Gasteiger charge is 2.02. The lowest BCUT2D eigenvalue weighted by Gasteiger charge is -2.04. The molecule has 1 nitrogen and oxygen atoms in total. The molecule has 0 heterocycles. The summed E-state index contributed by atoms with van der Waals surface area (Å²) in [5, 5.41) is 1.06. The molecule has 0 unspecified atom stereocenters. The minimum absolute atomic E-state index is 0.138. The molecule has 0 amide bonds. The monoisotopic (exact) mass is 216 g/mol. The maximum absolute atomic E-state index is 13.2. The molecular formula is C12H9FOSi. The molecule has 15 heavy (non-hydrogen) atoms. The maximum atomic E-state index is 13.2. The molecule has 0 aromatic heterocycles. The van der Waals surface area contributed by atoms with E-state index in [2.05, 4.69) is 0 Å². The molecule has 0 aliphatic carbocycles. The molecule has 0 N–H and O–H groups in total. The van der Waals surface area contributed by atoms with Gasteiger partial charge in [-0.3, -0.25) is 0 Å². The number of halogens is 1. The van der Waals surface area contributed by atoms with Crippen molar-refractivity contribution in [3.8, 4) is 5.75 Å². The summed E-state index contributed by atoms with van der Waals surface area (Å²) in [6.45, 7) is 0. The van der Waals surface area contributed by atoms with Crippen molar-refractivity contribution in [2.24, 2.45) is 0 Å².